The first-order chi connectivity index (χ1) is 10.1. The molecule has 116 valence electrons. The second-order valence-electron chi connectivity index (χ2n) is 5.71. The Morgan fingerprint density at radius 3 is 2.95 bits per heavy atom. The minimum absolute atomic E-state index is 0.0648. The quantitative estimate of drug-likeness (QED) is 0.818. The molecule has 2 atom stereocenters. The fraction of sp³-hybridized carbons (Fsp3) is 0.562. The number of hydrogen-bond acceptors (Lipinski definition) is 4. The molecule has 3 N–H and O–H groups in total. The summed E-state index contributed by atoms with van der Waals surface area (Å²) in [6.45, 7) is 2.29. The van der Waals surface area contributed by atoms with Crippen LogP contribution < -0.4 is 15.8 Å². The maximum Gasteiger partial charge on any atom is 0.250 e. The van der Waals surface area contributed by atoms with E-state index >= 15 is 0 Å². The summed E-state index contributed by atoms with van der Waals surface area (Å²) in [5.41, 5.74) is 6.88. The molecule has 5 heteroatoms. The molecule has 21 heavy (non-hydrogen) atoms. The Balaban J connectivity index is 1.85. The van der Waals surface area contributed by atoms with Crippen molar-refractivity contribution in [2.24, 2.45) is 5.92 Å². The van der Waals surface area contributed by atoms with Crippen LogP contribution in [-0.4, -0.2) is 25.7 Å². The Kier molecular flexibility index (Phi) is 5.44. The third kappa shape index (κ3) is 4.63. The number of benzene rings is 1. The van der Waals surface area contributed by atoms with Crippen LogP contribution in [0.3, 0.4) is 0 Å². The summed E-state index contributed by atoms with van der Waals surface area (Å²) in [7, 11) is 1.56. The molecule has 0 heterocycles. The number of rotatable bonds is 5. The Hall–Kier alpha value is -1.75. The van der Waals surface area contributed by atoms with E-state index in [2.05, 4.69) is 12.2 Å². The fourth-order valence-corrected chi connectivity index (χ4v) is 2.73. The van der Waals surface area contributed by atoms with Crippen molar-refractivity contribution in [3.05, 3.63) is 18.2 Å². The summed E-state index contributed by atoms with van der Waals surface area (Å²) in [5.74, 6) is 1.08. The number of carbonyl (C=O) groups excluding carboxylic acids is 1. The molecule has 1 aliphatic rings. The topological polar surface area (TPSA) is 73.6 Å². The summed E-state index contributed by atoms with van der Waals surface area (Å²) in [4.78, 5) is 12.0. The highest BCUT2D eigenvalue weighted by Gasteiger charge is 2.20. The lowest BCUT2D eigenvalue weighted by molar-refractivity contribution is -0.123. The van der Waals surface area contributed by atoms with Gasteiger partial charge in [-0.25, -0.2) is 0 Å². The summed E-state index contributed by atoms with van der Waals surface area (Å²) in [6.07, 6.45) is 4.71. The number of nitrogen functional groups attached to an aromatic ring is 1. The van der Waals surface area contributed by atoms with Gasteiger partial charge in [0.1, 0.15) is 12.4 Å². The lowest BCUT2D eigenvalue weighted by atomic mass is 9.89. The smallest absolute Gasteiger partial charge is 0.250 e. The average Bonchev–Trinajstić information content (AvgIpc) is 2.45. The number of nitrogens with one attached hydrogen (secondary N) is 1. The van der Waals surface area contributed by atoms with E-state index in [1.54, 1.807) is 25.3 Å². The predicted octanol–water partition coefficient (Wildman–Crippen LogP) is 2.81. The molecule has 1 fully saturated rings. The van der Waals surface area contributed by atoms with Crippen molar-refractivity contribution < 1.29 is 14.3 Å². The molecule has 0 saturated heterocycles. The van der Waals surface area contributed by atoms with Crippen LogP contribution in [0, 0.1) is 5.92 Å². The summed E-state index contributed by atoms with van der Waals surface area (Å²) >= 11 is 0. The minimum Gasteiger partial charge on any atom is -0.495 e. The molecular weight excluding hydrogens is 268 g/mol. The van der Waals surface area contributed by atoms with Gasteiger partial charge >= 0.3 is 0 Å². The second-order valence-corrected chi connectivity index (χ2v) is 5.71. The van der Waals surface area contributed by atoms with Crippen LogP contribution >= 0.6 is 0 Å². The van der Waals surface area contributed by atoms with Gasteiger partial charge in [-0.1, -0.05) is 19.8 Å². The molecule has 0 radical (unpaired) electrons. The molecule has 0 aliphatic heterocycles. The SMILES string of the molecule is COc1ccc(N)cc1NC(=O)COC1CCCC(C)C1. The van der Waals surface area contributed by atoms with Crippen LogP contribution in [0.5, 0.6) is 5.75 Å². The largest absolute Gasteiger partial charge is 0.495 e. The van der Waals surface area contributed by atoms with E-state index in [9.17, 15) is 4.79 Å². The molecule has 0 bridgehead atoms. The highest BCUT2D eigenvalue weighted by molar-refractivity contribution is 5.93. The molecular formula is C16H24N2O3. The number of amides is 1. The van der Waals surface area contributed by atoms with E-state index in [4.69, 9.17) is 15.2 Å². The lowest BCUT2D eigenvalue weighted by Gasteiger charge is -2.26. The fourth-order valence-electron chi connectivity index (χ4n) is 2.73. The highest BCUT2D eigenvalue weighted by atomic mass is 16.5. The van der Waals surface area contributed by atoms with E-state index < -0.39 is 0 Å². The molecule has 0 aromatic heterocycles. The van der Waals surface area contributed by atoms with Crippen LogP contribution in [-0.2, 0) is 9.53 Å². The van der Waals surface area contributed by atoms with Crippen LogP contribution in [0.4, 0.5) is 11.4 Å². The van der Waals surface area contributed by atoms with Crippen molar-refractivity contribution in [3.63, 3.8) is 0 Å². The summed E-state index contributed by atoms with van der Waals surface area (Å²) < 4.78 is 10.9. The number of anilines is 2. The number of methoxy groups -OCH3 is 1. The number of ether oxygens (including phenoxy) is 2. The van der Waals surface area contributed by atoms with Crippen molar-refractivity contribution >= 4 is 17.3 Å². The summed E-state index contributed by atoms with van der Waals surface area (Å²) in [5, 5.41) is 2.78. The van der Waals surface area contributed by atoms with Crippen molar-refractivity contribution in [2.75, 3.05) is 24.8 Å². The molecule has 0 spiro atoms. The average molecular weight is 292 g/mol. The highest BCUT2D eigenvalue weighted by Crippen LogP contribution is 2.27. The zero-order valence-corrected chi connectivity index (χ0v) is 12.7. The third-order valence-corrected chi connectivity index (χ3v) is 3.84. The third-order valence-electron chi connectivity index (χ3n) is 3.84. The zero-order chi connectivity index (χ0) is 15.2. The van der Waals surface area contributed by atoms with Gasteiger partial charge in [0.05, 0.1) is 18.9 Å². The first-order valence-corrected chi connectivity index (χ1v) is 7.43. The van der Waals surface area contributed by atoms with Gasteiger partial charge in [0.2, 0.25) is 5.91 Å². The number of nitrogens with two attached hydrogens (primary N) is 1. The van der Waals surface area contributed by atoms with E-state index in [1.165, 1.54) is 12.8 Å². The van der Waals surface area contributed by atoms with Gasteiger partial charge in [-0.2, -0.15) is 0 Å². The Labute approximate surface area is 125 Å². The standard InChI is InChI=1S/C16H24N2O3/c1-11-4-3-5-13(8-11)21-10-16(19)18-14-9-12(17)6-7-15(14)20-2/h6-7,9,11,13H,3-5,8,10,17H2,1-2H3,(H,18,19). The van der Waals surface area contributed by atoms with Gasteiger partial charge in [-0.3, -0.25) is 4.79 Å². The predicted molar refractivity (Wildman–Crippen MR) is 83.4 cm³/mol. The molecule has 5 nitrogen and oxygen atoms in total. The van der Waals surface area contributed by atoms with Crippen LogP contribution in [0.2, 0.25) is 0 Å². The van der Waals surface area contributed by atoms with Gasteiger partial charge in [-0.15, -0.1) is 0 Å². The molecule has 1 amide bonds. The van der Waals surface area contributed by atoms with E-state index in [0.717, 1.165) is 12.8 Å². The van der Waals surface area contributed by atoms with Gasteiger partial charge < -0.3 is 20.5 Å². The molecule has 1 aliphatic carbocycles. The number of carbonyl (C=O) groups is 1. The molecule has 1 saturated carbocycles. The number of hydrogen-bond donors (Lipinski definition) is 2. The molecule has 2 rings (SSSR count). The van der Waals surface area contributed by atoms with Crippen molar-refractivity contribution in [1.29, 1.82) is 0 Å². The van der Waals surface area contributed by atoms with Gasteiger partial charge in [0.25, 0.3) is 0 Å². The van der Waals surface area contributed by atoms with Gasteiger partial charge in [-0.05, 0) is 37.0 Å². The van der Waals surface area contributed by atoms with Crippen LogP contribution in [0.1, 0.15) is 32.6 Å². The molecule has 2 unspecified atom stereocenters. The maximum atomic E-state index is 12.0. The Morgan fingerprint density at radius 1 is 1.43 bits per heavy atom. The monoisotopic (exact) mass is 292 g/mol. The molecule has 1 aromatic carbocycles. The summed E-state index contributed by atoms with van der Waals surface area (Å²) in [6, 6.07) is 5.14. The second kappa shape index (κ2) is 7.31. The zero-order valence-electron chi connectivity index (χ0n) is 12.7. The van der Waals surface area contributed by atoms with Crippen molar-refractivity contribution in [3.8, 4) is 5.75 Å². The maximum absolute atomic E-state index is 12.0. The van der Waals surface area contributed by atoms with E-state index in [0.29, 0.717) is 23.0 Å². The van der Waals surface area contributed by atoms with Crippen molar-refractivity contribution in [1.82, 2.24) is 0 Å². The van der Waals surface area contributed by atoms with E-state index in [1.807, 2.05) is 0 Å². The normalized spacial score (nSPS) is 21.8. The van der Waals surface area contributed by atoms with E-state index in [-0.39, 0.29) is 18.6 Å². The van der Waals surface area contributed by atoms with Gasteiger partial charge in [0.15, 0.2) is 0 Å². The lowest BCUT2D eigenvalue weighted by Crippen LogP contribution is -2.27. The van der Waals surface area contributed by atoms with Crippen LogP contribution in [0.25, 0.3) is 0 Å². The van der Waals surface area contributed by atoms with Crippen molar-refractivity contribution in [2.45, 2.75) is 38.7 Å². The first kappa shape index (κ1) is 15.6. The van der Waals surface area contributed by atoms with Crippen LogP contribution in [0.15, 0.2) is 18.2 Å². The first-order valence-electron chi connectivity index (χ1n) is 7.43. The Bertz CT molecular complexity index is 490. The Morgan fingerprint density at radius 2 is 2.24 bits per heavy atom. The minimum atomic E-state index is -0.183. The molecule has 1 aromatic rings. The van der Waals surface area contributed by atoms with Gasteiger partial charge in [0, 0.05) is 5.69 Å².